The highest BCUT2D eigenvalue weighted by Gasteiger charge is 2.22. The molecule has 0 aromatic heterocycles. The molecule has 1 heterocycles. The first-order valence-corrected chi connectivity index (χ1v) is 9.59. The largest absolute Gasteiger partial charge is 0.489 e. The number of likely N-dealkylation sites (tertiary alicyclic amines) is 1. The second kappa shape index (κ2) is 9.37. The normalized spacial score (nSPS) is 15.2. The molecule has 28 heavy (non-hydrogen) atoms. The first-order valence-electron chi connectivity index (χ1n) is 9.59. The SMILES string of the molecule is Cc1cccc(COc2cccc(C(=O)NC3CCN(CC(N)=O)CC3)c2)c1. The van der Waals surface area contributed by atoms with Crippen LogP contribution in [0.2, 0.25) is 0 Å². The summed E-state index contributed by atoms with van der Waals surface area (Å²) in [5.41, 5.74) is 8.11. The number of benzene rings is 2. The van der Waals surface area contributed by atoms with Crippen LogP contribution in [0.4, 0.5) is 0 Å². The molecule has 0 saturated carbocycles. The summed E-state index contributed by atoms with van der Waals surface area (Å²) < 4.78 is 5.85. The van der Waals surface area contributed by atoms with Crippen LogP contribution in [0.1, 0.15) is 34.3 Å². The minimum Gasteiger partial charge on any atom is -0.489 e. The van der Waals surface area contributed by atoms with E-state index in [1.165, 1.54) is 5.56 Å². The fourth-order valence-electron chi connectivity index (χ4n) is 3.42. The Morgan fingerprint density at radius 3 is 2.61 bits per heavy atom. The van der Waals surface area contributed by atoms with Gasteiger partial charge in [-0.15, -0.1) is 0 Å². The van der Waals surface area contributed by atoms with Crippen LogP contribution in [-0.2, 0) is 11.4 Å². The van der Waals surface area contributed by atoms with Gasteiger partial charge in [-0.25, -0.2) is 0 Å². The fraction of sp³-hybridized carbons (Fsp3) is 0.364. The monoisotopic (exact) mass is 381 g/mol. The lowest BCUT2D eigenvalue weighted by atomic mass is 10.0. The molecule has 1 aliphatic rings. The van der Waals surface area contributed by atoms with Crippen LogP contribution < -0.4 is 15.8 Å². The zero-order valence-electron chi connectivity index (χ0n) is 16.2. The zero-order valence-corrected chi connectivity index (χ0v) is 16.2. The van der Waals surface area contributed by atoms with E-state index in [9.17, 15) is 9.59 Å². The molecule has 2 aromatic rings. The summed E-state index contributed by atoms with van der Waals surface area (Å²) in [5.74, 6) is 0.254. The van der Waals surface area contributed by atoms with Gasteiger partial charge < -0.3 is 15.8 Å². The van der Waals surface area contributed by atoms with Gasteiger partial charge in [0.15, 0.2) is 0 Å². The Kier molecular flexibility index (Phi) is 6.66. The fourth-order valence-corrected chi connectivity index (χ4v) is 3.42. The first-order chi connectivity index (χ1) is 13.5. The van der Waals surface area contributed by atoms with Crippen molar-refractivity contribution in [1.29, 1.82) is 0 Å². The quantitative estimate of drug-likeness (QED) is 0.770. The highest BCUT2D eigenvalue weighted by atomic mass is 16.5. The summed E-state index contributed by atoms with van der Waals surface area (Å²) in [6.45, 7) is 4.31. The molecule has 1 saturated heterocycles. The van der Waals surface area contributed by atoms with E-state index in [4.69, 9.17) is 10.5 Å². The number of nitrogens with one attached hydrogen (secondary N) is 1. The number of hydrogen-bond donors (Lipinski definition) is 2. The number of nitrogens with zero attached hydrogens (tertiary/aromatic N) is 1. The maximum Gasteiger partial charge on any atom is 0.251 e. The Labute approximate surface area is 165 Å². The van der Waals surface area contributed by atoms with Gasteiger partial charge in [0.1, 0.15) is 12.4 Å². The molecule has 0 spiro atoms. The van der Waals surface area contributed by atoms with Crippen LogP contribution >= 0.6 is 0 Å². The van der Waals surface area contributed by atoms with Crippen LogP contribution in [0.15, 0.2) is 48.5 Å². The Morgan fingerprint density at radius 2 is 1.89 bits per heavy atom. The number of nitrogens with two attached hydrogens (primary N) is 1. The number of carbonyl (C=O) groups is 2. The van der Waals surface area contributed by atoms with Crippen molar-refractivity contribution in [2.75, 3.05) is 19.6 Å². The molecule has 0 atom stereocenters. The van der Waals surface area contributed by atoms with E-state index in [0.29, 0.717) is 17.9 Å². The molecule has 3 rings (SSSR count). The number of rotatable bonds is 7. The van der Waals surface area contributed by atoms with Crippen molar-refractivity contribution >= 4 is 11.8 Å². The molecule has 2 aromatic carbocycles. The summed E-state index contributed by atoms with van der Waals surface area (Å²) in [6, 6.07) is 15.5. The van der Waals surface area contributed by atoms with E-state index in [2.05, 4.69) is 11.4 Å². The standard InChI is InChI=1S/C22H27N3O3/c1-16-4-2-5-17(12-16)15-28-20-7-3-6-18(13-20)22(27)24-19-8-10-25(11-9-19)14-21(23)26/h2-7,12-13,19H,8-11,14-15H2,1H3,(H2,23,26)(H,24,27). The molecule has 0 radical (unpaired) electrons. The minimum atomic E-state index is -0.315. The molecule has 6 heteroatoms. The van der Waals surface area contributed by atoms with Crippen LogP contribution in [-0.4, -0.2) is 42.4 Å². The molecular formula is C22H27N3O3. The maximum absolute atomic E-state index is 12.6. The van der Waals surface area contributed by atoms with Crippen LogP contribution in [0.5, 0.6) is 5.75 Å². The van der Waals surface area contributed by atoms with Gasteiger partial charge in [0.25, 0.3) is 5.91 Å². The number of carbonyl (C=O) groups excluding carboxylic acids is 2. The summed E-state index contributed by atoms with van der Waals surface area (Å²) in [5, 5.41) is 3.08. The van der Waals surface area contributed by atoms with Gasteiger partial charge in [0.2, 0.25) is 5.91 Å². The summed E-state index contributed by atoms with van der Waals surface area (Å²) in [7, 11) is 0. The van der Waals surface area contributed by atoms with Crippen molar-refractivity contribution in [1.82, 2.24) is 10.2 Å². The summed E-state index contributed by atoms with van der Waals surface area (Å²) in [6.07, 6.45) is 1.62. The third-order valence-electron chi connectivity index (χ3n) is 4.89. The Hall–Kier alpha value is -2.86. The third-order valence-corrected chi connectivity index (χ3v) is 4.89. The van der Waals surface area contributed by atoms with E-state index >= 15 is 0 Å². The number of amides is 2. The van der Waals surface area contributed by atoms with Gasteiger partial charge in [-0.1, -0.05) is 35.9 Å². The Balaban J connectivity index is 1.52. The molecule has 6 nitrogen and oxygen atoms in total. The van der Waals surface area contributed by atoms with Gasteiger partial charge in [0, 0.05) is 24.7 Å². The highest BCUT2D eigenvalue weighted by molar-refractivity contribution is 5.94. The van der Waals surface area contributed by atoms with Crippen molar-refractivity contribution in [3.8, 4) is 5.75 Å². The molecule has 1 aliphatic heterocycles. The molecule has 1 fully saturated rings. The topological polar surface area (TPSA) is 84.7 Å². The van der Waals surface area contributed by atoms with Gasteiger partial charge in [0.05, 0.1) is 6.54 Å². The van der Waals surface area contributed by atoms with Crippen LogP contribution in [0, 0.1) is 6.92 Å². The van der Waals surface area contributed by atoms with Crippen molar-refractivity contribution in [3.63, 3.8) is 0 Å². The Bertz CT molecular complexity index is 829. The first kappa shape index (κ1) is 19.9. The zero-order chi connectivity index (χ0) is 19.9. The third kappa shape index (κ3) is 5.82. The van der Waals surface area contributed by atoms with Gasteiger partial charge in [-0.2, -0.15) is 0 Å². The van der Waals surface area contributed by atoms with Gasteiger partial charge in [-0.05, 0) is 43.5 Å². The Morgan fingerprint density at radius 1 is 1.14 bits per heavy atom. The average molecular weight is 381 g/mol. The van der Waals surface area contributed by atoms with E-state index in [1.54, 1.807) is 12.1 Å². The maximum atomic E-state index is 12.6. The van der Waals surface area contributed by atoms with Crippen molar-refractivity contribution in [2.45, 2.75) is 32.4 Å². The molecule has 0 unspecified atom stereocenters. The predicted molar refractivity (Wildman–Crippen MR) is 108 cm³/mol. The van der Waals surface area contributed by atoms with Gasteiger partial charge in [-0.3, -0.25) is 14.5 Å². The lowest BCUT2D eigenvalue weighted by Gasteiger charge is -2.31. The van der Waals surface area contributed by atoms with Crippen LogP contribution in [0.25, 0.3) is 0 Å². The summed E-state index contributed by atoms with van der Waals surface area (Å²) in [4.78, 5) is 25.6. The smallest absolute Gasteiger partial charge is 0.251 e. The number of ether oxygens (including phenoxy) is 1. The average Bonchev–Trinajstić information content (AvgIpc) is 2.68. The van der Waals surface area contributed by atoms with Gasteiger partial charge >= 0.3 is 0 Å². The van der Waals surface area contributed by atoms with E-state index in [1.807, 2.05) is 42.2 Å². The number of primary amides is 1. The second-order valence-electron chi connectivity index (χ2n) is 7.30. The number of hydrogen-bond acceptors (Lipinski definition) is 4. The van der Waals surface area contributed by atoms with Crippen molar-refractivity contribution in [3.05, 3.63) is 65.2 Å². The molecule has 0 aliphatic carbocycles. The minimum absolute atomic E-state index is 0.102. The lowest BCUT2D eigenvalue weighted by Crippen LogP contribution is -2.46. The highest BCUT2D eigenvalue weighted by Crippen LogP contribution is 2.17. The molecular weight excluding hydrogens is 354 g/mol. The molecule has 2 amide bonds. The molecule has 0 bridgehead atoms. The number of piperidine rings is 1. The van der Waals surface area contributed by atoms with Crippen LogP contribution in [0.3, 0.4) is 0 Å². The predicted octanol–water partition coefficient (Wildman–Crippen LogP) is 2.25. The molecule has 3 N–H and O–H groups in total. The van der Waals surface area contributed by atoms with Crippen molar-refractivity contribution in [2.24, 2.45) is 5.73 Å². The van der Waals surface area contributed by atoms with Crippen molar-refractivity contribution < 1.29 is 14.3 Å². The lowest BCUT2D eigenvalue weighted by molar-refractivity contribution is -0.119. The van der Waals surface area contributed by atoms with E-state index in [-0.39, 0.29) is 24.4 Å². The van der Waals surface area contributed by atoms with E-state index < -0.39 is 0 Å². The number of aryl methyl sites for hydroxylation is 1. The second-order valence-corrected chi connectivity index (χ2v) is 7.30. The summed E-state index contributed by atoms with van der Waals surface area (Å²) >= 11 is 0. The van der Waals surface area contributed by atoms with E-state index in [0.717, 1.165) is 31.5 Å². The molecule has 148 valence electrons.